The Balaban J connectivity index is 0. The quantitative estimate of drug-likeness (QED) is 0.522. The van der Waals surface area contributed by atoms with Crippen molar-refractivity contribution in [3.05, 3.63) is 0 Å². The summed E-state index contributed by atoms with van der Waals surface area (Å²) in [5.41, 5.74) is 0. The zero-order valence-corrected chi connectivity index (χ0v) is 6.73. The summed E-state index contributed by atoms with van der Waals surface area (Å²) >= 11 is 0. The van der Waals surface area contributed by atoms with Gasteiger partial charge < -0.3 is 16.4 Å². The summed E-state index contributed by atoms with van der Waals surface area (Å²) in [6.45, 7) is 0. The molecule has 0 amide bonds. The molecule has 0 bridgehead atoms. The molecule has 5 heavy (non-hydrogen) atoms. The summed E-state index contributed by atoms with van der Waals surface area (Å²) in [4.78, 5) is 0. The van der Waals surface area contributed by atoms with Gasteiger partial charge in [-0.3, -0.25) is 0 Å². The Morgan fingerprint density at radius 1 is 0.600 bits per heavy atom. The molecule has 0 aromatic heterocycles. The van der Waals surface area contributed by atoms with E-state index < -0.39 is 0 Å². The summed E-state index contributed by atoms with van der Waals surface area (Å²) in [6, 6.07) is 0. The topological polar surface area (TPSA) is 85.5 Å². The van der Waals surface area contributed by atoms with E-state index in [9.17, 15) is 0 Å². The second-order valence-electron chi connectivity index (χ2n) is 0. The molecule has 1 radical (unpaired) electrons. The van der Waals surface area contributed by atoms with Crippen molar-refractivity contribution in [2.75, 3.05) is 0 Å². The fourth-order valence-corrected chi connectivity index (χ4v) is 0. The van der Waals surface area contributed by atoms with E-state index in [2.05, 4.69) is 0 Å². The molecular formula is LaNiO3. The summed E-state index contributed by atoms with van der Waals surface area (Å²) in [5, 5.41) is 0. The normalized spacial score (nSPS) is 0. The van der Waals surface area contributed by atoms with Gasteiger partial charge in [0.2, 0.25) is 0 Å². The van der Waals surface area contributed by atoms with Gasteiger partial charge in [0, 0.05) is 0 Å². The van der Waals surface area contributed by atoms with E-state index in [0.717, 1.165) is 0 Å². The van der Waals surface area contributed by atoms with E-state index in [1.807, 2.05) is 0 Å². The Morgan fingerprint density at radius 3 is 0.600 bits per heavy atom. The van der Waals surface area contributed by atoms with Crippen LogP contribution in [0.4, 0.5) is 0 Å². The molecule has 5 heteroatoms. The van der Waals surface area contributed by atoms with E-state index in [0.29, 0.717) is 0 Å². The van der Waals surface area contributed by atoms with Crippen LogP contribution < -0.4 is 0 Å². The maximum absolute atomic E-state index is 0. The van der Waals surface area contributed by atoms with Crippen LogP contribution in [0.25, 0.3) is 0 Å². The molecule has 0 saturated heterocycles. The van der Waals surface area contributed by atoms with Gasteiger partial charge in [-0.05, 0) is 0 Å². The fourth-order valence-electron chi connectivity index (χ4n) is 0. The van der Waals surface area contributed by atoms with Crippen LogP contribution in [-0.2, 0) is 32.9 Å². The van der Waals surface area contributed by atoms with Crippen LogP contribution in [0.15, 0.2) is 0 Å². The van der Waals surface area contributed by atoms with Crippen molar-refractivity contribution in [3.63, 3.8) is 0 Å². The zero-order chi connectivity index (χ0) is 0. The minimum Gasteiger partial charge on any atom is -2.00 e. The second kappa shape index (κ2) is 47.2. The first-order valence-corrected chi connectivity index (χ1v) is 0. The van der Waals surface area contributed by atoms with Gasteiger partial charge in [0.15, 0.2) is 0 Å². The van der Waals surface area contributed by atoms with Crippen molar-refractivity contribution < 1.29 is 68.5 Å². The molecule has 0 rings (SSSR count). The number of hydrogen-bond donors (Lipinski definition) is 0. The third-order valence-corrected chi connectivity index (χ3v) is 0. The molecule has 0 aromatic carbocycles. The molecule has 0 saturated carbocycles. The molecule has 0 aliphatic heterocycles. The van der Waals surface area contributed by atoms with Crippen LogP contribution in [0.2, 0.25) is 0 Å². The van der Waals surface area contributed by atoms with Crippen LogP contribution >= 0.6 is 0 Å². The van der Waals surface area contributed by atoms with Crippen LogP contribution in [0.1, 0.15) is 0 Å². The molecule has 0 aliphatic rings. The van der Waals surface area contributed by atoms with Crippen LogP contribution in [0.3, 0.4) is 0 Å². The summed E-state index contributed by atoms with van der Waals surface area (Å²) in [7, 11) is 0. The van der Waals surface area contributed by atoms with Gasteiger partial charge in [-0.25, -0.2) is 0 Å². The molecule has 31 valence electrons. The number of hydrogen-bond acceptors (Lipinski definition) is 0. The Kier molecular flexibility index (Phi) is 782. The van der Waals surface area contributed by atoms with Crippen molar-refractivity contribution in [2.24, 2.45) is 0 Å². The molecule has 0 fully saturated rings. The molecule has 0 aliphatic carbocycles. The van der Waals surface area contributed by atoms with Crippen molar-refractivity contribution in [3.8, 4) is 0 Å². The van der Waals surface area contributed by atoms with Gasteiger partial charge in [-0.1, -0.05) is 0 Å². The SMILES string of the molecule is [La+3].[Ni+3].[O-2].[O-2].[O-2]. The van der Waals surface area contributed by atoms with E-state index >= 15 is 0 Å². The van der Waals surface area contributed by atoms with Gasteiger partial charge in [0.25, 0.3) is 0 Å². The average molecular weight is 246 g/mol. The Morgan fingerprint density at radius 2 is 0.600 bits per heavy atom. The first kappa shape index (κ1) is 82.8. The minimum atomic E-state index is 0. The summed E-state index contributed by atoms with van der Waals surface area (Å²) < 4.78 is 0. The fraction of sp³-hybridized carbons (Fsp3) is 0. The monoisotopic (exact) mass is 245 g/mol. The smallest absolute Gasteiger partial charge is 2.00 e. The zero-order valence-electron chi connectivity index (χ0n) is 2.12. The third kappa shape index (κ3) is 28.8. The third-order valence-electron chi connectivity index (χ3n) is 0. The van der Waals surface area contributed by atoms with Crippen molar-refractivity contribution in [1.29, 1.82) is 0 Å². The first-order valence-electron chi connectivity index (χ1n) is 0. The largest absolute Gasteiger partial charge is 3.00 e. The summed E-state index contributed by atoms with van der Waals surface area (Å²) in [5.74, 6) is 0. The van der Waals surface area contributed by atoms with Gasteiger partial charge in [-0.2, -0.15) is 0 Å². The Hall–Kier alpha value is 1.57. The van der Waals surface area contributed by atoms with E-state index in [1.54, 1.807) is 0 Å². The van der Waals surface area contributed by atoms with Gasteiger partial charge in [0.1, 0.15) is 0 Å². The predicted octanol–water partition coefficient (Wildman–Crippen LogP) is -0.359. The van der Waals surface area contributed by atoms with Gasteiger partial charge in [0.05, 0.1) is 0 Å². The molecule has 0 atom stereocenters. The minimum absolute atomic E-state index is 0. The van der Waals surface area contributed by atoms with Crippen molar-refractivity contribution >= 4 is 0 Å². The Bertz CT molecular complexity index is 6.85. The first-order chi connectivity index (χ1) is 0. The molecule has 0 unspecified atom stereocenters. The van der Waals surface area contributed by atoms with Crippen LogP contribution in [-0.4, -0.2) is 0 Å². The van der Waals surface area contributed by atoms with Crippen molar-refractivity contribution in [1.82, 2.24) is 0 Å². The molecule has 0 aromatic rings. The second-order valence-corrected chi connectivity index (χ2v) is 0. The predicted molar refractivity (Wildman–Crippen MR) is 2.06 cm³/mol. The maximum atomic E-state index is 0. The summed E-state index contributed by atoms with van der Waals surface area (Å²) in [6.07, 6.45) is 0. The Labute approximate surface area is 68.0 Å². The van der Waals surface area contributed by atoms with E-state index in [-0.39, 0.29) is 68.5 Å². The molecule has 0 N–H and O–H groups in total. The maximum Gasteiger partial charge on any atom is 3.00 e. The standard InChI is InChI=1S/La.Ni.3O/q2*+3;3*-2. The van der Waals surface area contributed by atoms with Crippen LogP contribution in [0.5, 0.6) is 0 Å². The van der Waals surface area contributed by atoms with Gasteiger partial charge >= 0.3 is 52.1 Å². The molecular weight excluding hydrogens is 246 g/mol. The van der Waals surface area contributed by atoms with Crippen molar-refractivity contribution in [2.45, 2.75) is 0 Å². The van der Waals surface area contributed by atoms with Crippen LogP contribution in [0, 0.1) is 35.6 Å². The van der Waals surface area contributed by atoms with E-state index in [4.69, 9.17) is 0 Å². The molecule has 0 spiro atoms. The van der Waals surface area contributed by atoms with E-state index in [1.165, 1.54) is 0 Å². The average Bonchev–Trinajstić information content (AvgIpc) is 0. The molecule has 0 heterocycles. The van der Waals surface area contributed by atoms with Gasteiger partial charge in [-0.15, -0.1) is 0 Å². The number of rotatable bonds is 0. The molecule has 3 nitrogen and oxygen atoms in total.